The molecule has 0 bridgehead atoms. The second kappa shape index (κ2) is 7.47. The number of para-hydroxylation sites is 1. The van der Waals surface area contributed by atoms with Crippen molar-refractivity contribution in [1.29, 1.82) is 0 Å². The van der Waals surface area contributed by atoms with Crippen molar-refractivity contribution in [3.05, 3.63) is 52.8 Å². The van der Waals surface area contributed by atoms with E-state index in [0.29, 0.717) is 19.3 Å². The third kappa shape index (κ3) is 3.82. The summed E-state index contributed by atoms with van der Waals surface area (Å²) in [5.74, 6) is -0.0750. The van der Waals surface area contributed by atoms with Crippen LogP contribution in [-0.2, 0) is 11.3 Å². The molecular formula is C19H26N2O2. The molecule has 2 aromatic rings. The molecule has 0 saturated heterocycles. The van der Waals surface area contributed by atoms with Crippen LogP contribution in [0.3, 0.4) is 0 Å². The molecule has 0 radical (unpaired) electrons. The lowest BCUT2D eigenvalue weighted by Crippen LogP contribution is -2.15. The second-order valence-corrected chi connectivity index (χ2v) is 6.00. The molecule has 0 aliphatic heterocycles. The van der Waals surface area contributed by atoms with Crippen molar-refractivity contribution >= 4 is 11.6 Å². The summed E-state index contributed by atoms with van der Waals surface area (Å²) in [5.41, 5.74) is 4.62. The van der Waals surface area contributed by atoms with Crippen LogP contribution in [0.1, 0.15) is 54.1 Å². The zero-order valence-electron chi connectivity index (χ0n) is 14.6. The molecule has 0 spiro atoms. The van der Waals surface area contributed by atoms with E-state index in [-0.39, 0.29) is 5.91 Å². The van der Waals surface area contributed by atoms with E-state index >= 15 is 0 Å². The number of hydrogen-bond acceptors (Lipinski definition) is 2. The number of amides is 1. The van der Waals surface area contributed by atoms with Crippen LogP contribution in [0.25, 0.3) is 0 Å². The summed E-state index contributed by atoms with van der Waals surface area (Å²) in [6.07, 6.45) is 0. The van der Waals surface area contributed by atoms with Crippen LogP contribution in [0.15, 0.2) is 30.3 Å². The number of hydrogen-bond donors (Lipinski definition) is 1. The van der Waals surface area contributed by atoms with Crippen molar-refractivity contribution in [2.45, 2.75) is 47.3 Å². The summed E-state index contributed by atoms with van der Waals surface area (Å²) < 4.78 is 7.65. The Morgan fingerprint density at radius 2 is 1.96 bits per heavy atom. The molecule has 1 heterocycles. The third-order valence-electron chi connectivity index (χ3n) is 3.97. The zero-order valence-corrected chi connectivity index (χ0v) is 14.6. The first-order valence-electron chi connectivity index (χ1n) is 8.11. The second-order valence-electron chi connectivity index (χ2n) is 6.00. The van der Waals surface area contributed by atoms with Gasteiger partial charge in [-0.25, -0.2) is 0 Å². The van der Waals surface area contributed by atoms with Crippen LogP contribution in [0.4, 0.5) is 5.69 Å². The summed E-state index contributed by atoms with van der Waals surface area (Å²) >= 11 is 0. The number of aryl methyl sites for hydroxylation is 1. The Bertz CT molecular complexity index is 687. The molecule has 2 rings (SSSR count). The number of nitrogens with zero attached hydrogens (tertiary/aromatic N) is 1. The fraction of sp³-hybridized carbons (Fsp3) is 0.421. The summed E-state index contributed by atoms with van der Waals surface area (Å²) in [5, 5.41) is 3.02. The van der Waals surface area contributed by atoms with Gasteiger partial charge in [-0.1, -0.05) is 18.2 Å². The summed E-state index contributed by atoms with van der Waals surface area (Å²) in [6, 6.07) is 10.0. The molecule has 124 valence electrons. The molecule has 0 aliphatic carbocycles. The predicted octanol–water partition coefficient (Wildman–Crippen LogP) is 4.47. The van der Waals surface area contributed by atoms with E-state index < -0.39 is 0 Å². The van der Waals surface area contributed by atoms with Crippen LogP contribution < -0.4 is 5.32 Å². The van der Waals surface area contributed by atoms with E-state index in [9.17, 15) is 4.79 Å². The van der Waals surface area contributed by atoms with Gasteiger partial charge in [0.1, 0.15) is 0 Å². The van der Waals surface area contributed by atoms with Gasteiger partial charge in [0, 0.05) is 35.3 Å². The number of carbonyl (C=O) groups excluding carboxylic acids is 1. The van der Waals surface area contributed by atoms with Gasteiger partial charge in [-0.3, -0.25) is 4.79 Å². The first kappa shape index (κ1) is 17.3. The van der Waals surface area contributed by atoms with Crippen LogP contribution >= 0.6 is 0 Å². The molecule has 0 aliphatic rings. The van der Waals surface area contributed by atoms with E-state index in [0.717, 1.165) is 28.2 Å². The molecule has 0 saturated carbocycles. The molecule has 4 heteroatoms. The van der Waals surface area contributed by atoms with E-state index in [1.54, 1.807) is 0 Å². The maximum absolute atomic E-state index is 12.7. The lowest BCUT2D eigenvalue weighted by Gasteiger charge is -2.14. The number of carbonyl (C=O) groups is 1. The first-order chi connectivity index (χ1) is 11.0. The number of anilines is 1. The Morgan fingerprint density at radius 1 is 1.26 bits per heavy atom. The van der Waals surface area contributed by atoms with Crippen LogP contribution in [0, 0.1) is 13.8 Å². The molecule has 1 aromatic carbocycles. The van der Waals surface area contributed by atoms with Gasteiger partial charge in [-0.2, -0.15) is 0 Å². The highest BCUT2D eigenvalue weighted by atomic mass is 16.5. The molecule has 0 unspecified atom stereocenters. The van der Waals surface area contributed by atoms with Crippen molar-refractivity contribution in [3.8, 4) is 0 Å². The number of nitrogens with one attached hydrogen (secondary N) is 1. The van der Waals surface area contributed by atoms with E-state index in [4.69, 9.17) is 4.74 Å². The molecule has 4 nitrogen and oxygen atoms in total. The van der Waals surface area contributed by atoms with Crippen molar-refractivity contribution in [3.63, 3.8) is 0 Å². The van der Waals surface area contributed by atoms with Gasteiger partial charge in [0.25, 0.3) is 5.91 Å². The lowest BCUT2D eigenvalue weighted by molar-refractivity contribution is 0.102. The standard InChI is InChI=1S/C19H26N2O2/c1-6-23-12-16-9-7-8-10-18(16)20-19(22)17-11-14(4)21(13(2)3)15(17)5/h7-11,13H,6,12H2,1-5H3,(H,20,22). The maximum Gasteiger partial charge on any atom is 0.257 e. The Kier molecular flexibility index (Phi) is 5.61. The first-order valence-corrected chi connectivity index (χ1v) is 8.11. The zero-order chi connectivity index (χ0) is 17.0. The quantitative estimate of drug-likeness (QED) is 0.854. The largest absolute Gasteiger partial charge is 0.377 e. The smallest absolute Gasteiger partial charge is 0.257 e. The fourth-order valence-corrected chi connectivity index (χ4v) is 2.97. The van der Waals surface area contributed by atoms with Crippen molar-refractivity contribution in [1.82, 2.24) is 4.57 Å². The molecule has 0 atom stereocenters. The number of ether oxygens (including phenoxy) is 1. The molecule has 0 fully saturated rings. The summed E-state index contributed by atoms with van der Waals surface area (Å²) in [6.45, 7) is 11.4. The van der Waals surface area contributed by atoms with Crippen LogP contribution in [0.2, 0.25) is 0 Å². The van der Waals surface area contributed by atoms with E-state index in [2.05, 4.69) is 23.7 Å². The molecule has 1 amide bonds. The SMILES string of the molecule is CCOCc1ccccc1NC(=O)c1cc(C)n(C(C)C)c1C. The molecule has 23 heavy (non-hydrogen) atoms. The molecular weight excluding hydrogens is 288 g/mol. The average Bonchev–Trinajstić information content (AvgIpc) is 2.81. The number of aromatic nitrogens is 1. The minimum atomic E-state index is -0.0750. The lowest BCUT2D eigenvalue weighted by atomic mass is 10.1. The molecule has 1 aromatic heterocycles. The highest BCUT2D eigenvalue weighted by Crippen LogP contribution is 2.22. The number of rotatable bonds is 6. The highest BCUT2D eigenvalue weighted by Gasteiger charge is 2.18. The van der Waals surface area contributed by atoms with Gasteiger partial charge < -0.3 is 14.6 Å². The van der Waals surface area contributed by atoms with E-state index in [1.165, 1.54) is 0 Å². The van der Waals surface area contributed by atoms with Crippen molar-refractivity contribution in [2.24, 2.45) is 0 Å². The predicted molar refractivity (Wildman–Crippen MR) is 94.0 cm³/mol. The Morgan fingerprint density at radius 3 is 2.57 bits per heavy atom. The minimum Gasteiger partial charge on any atom is -0.377 e. The van der Waals surface area contributed by atoms with Gasteiger partial charge in [-0.05, 0) is 46.8 Å². The van der Waals surface area contributed by atoms with Gasteiger partial charge in [-0.15, -0.1) is 0 Å². The molecule has 1 N–H and O–H groups in total. The Hall–Kier alpha value is -2.07. The highest BCUT2D eigenvalue weighted by molar-refractivity contribution is 6.05. The topological polar surface area (TPSA) is 43.3 Å². The minimum absolute atomic E-state index is 0.0750. The van der Waals surface area contributed by atoms with Gasteiger partial charge in [0.05, 0.1) is 12.2 Å². The fourth-order valence-electron chi connectivity index (χ4n) is 2.97. The van der Waals surface area contributed by atoms with Gasteiger partial charge in [0.2, 0.25) is 0 Å². The Labute approximate surface area is 138 Å². The third-order valence-corrected chi connectivity index (χ3v) is 3.97. The summed E-state index contributed by atoms with van der Waals surface area (Å²) in [4.78, 5) is 12.7. The van der Waals surface area contributed by atoms with E-state index in [1.807, 2.05) is 51.1 Å². The van der Waals surface area contributed by atoms with Gasteiger partial charge >= 0.3 is 0 Å². The normalized spacial score (nSPS) is 11.0. The van der Waals surface area contributed by atoms with Crippen molar-refractivity contribution < 1.29 is 9.53 Å². The Balaban J connectivity index is 2.25. The maximum atomic E-state index is 12.7. The summed E-state index contributed by atoms with van der Waals surface area (Å²) in [7, 11) is 0. The number of benzene rings is 1. The van der Waals surface area contributed by atoms with Gasteiger partial charge in [0.15, 0.2) is 0 Å². The average molecular weight is 314 g/mol. The monoisotopic (exact) mass is 314 g/mol. The van der Waals surface area contributed by atoms with Crippen LogP contribution in [0.5, 0.6) is 0 Å². The van der Waals surface area contributed by atoms with Crippen molar-refractivity contribution in [2.75, 3.05) is 11.9 Å². The van der Waals surface area contributed by atoms with Crippen LogP contribution in [-0.4, -0.2) is 17.1 Å².